The van der Waals surface area contributed by atoms with Crippen LogP contribution in [0.15, 0.2) is 5.16 Å². The zero-order valence-corrected chi connectivity index (χ0v) is 14.9. The van der Waals surface area contributed by atoms with Crippen LogP contribution >= 0.6 is 11.8 Å². The predicted octanol–water partition coefficient (Wildman–Crippen LogP) is -0.911. The number of rotatable bonds is 7. The number of hydrogen-bond acceptors (Lipinski definition) is 10. The number of oxime groups is 1. The summed E-state index contributed by atoms with van der Waals surface area (Å²) in [5.41, 5.74) is -1.11. The van der Waals surface area contributed by atoms with Crippen LogP contribution in [-0.4, -0.2) is 74.9 Å². The maximum absolute atomic E-state index is 10.7. The minimum atomic E-state index is -4.78. The Kier molecular flexibility index (Phi) is 8.35. The molecule has 5 atom stereocenters. The molecule has 0 aromatic carbocycles. The first-order valence-electron chi connectivity index (χ1n) is 7.25. The lowest BCUT2D eigenvalue weighted by molar-refractivity contribution is -0.205. The molecule has 1 aliphatic heterocycles. The topological polar surface area (TPSA) is 166 Å². The van der Waals surface area contributed by atoms with E-state index in [0.717, 1.165) is 11.8 Å². The molecule has 1 heterocycles. The average Bonchev–Trinajstić information content (AvgIpc) is 2.49. The van der Waals surface area contributed by atoms with Crippen molar-refractivity contribution in [2.75, 3.05) is 6.61 Å². The van der Waals surface area contributed by atoms with E-state index in [1.165, 1.54) is 0 Å². The molecule has 1 aliphatic rings. The molecule has 0 amide bonds. The molecule has 5 N–H and O–H groups in total. The summed E-state index contributed by atoms with van der Waals surface area (Å²) >= 11 is 0.776. The van der Waals surface area contributed by atoms with Crippen LogP contribution in [0.1, 0.15) is 26.7 Å². The van der Waals surface area contributed by atoms with Gasteiger partial charge in [0.15, 0.2) is 0 Å². The van der Waals surface area contributed by atoms with Crippen LogP contribution in [-0.2, 0) is 19.4 Å². The van der Waals surface area contributed by atoms with Crippen molar-refractivity contribution in [2.45, 2.75) is 56.5 Å². The zero-order valence-electron chi connectivity index (χ0n) is 13.2. The molecule has 142 valence electrons. The third-order valence-electron chi connectivity index (χ3n) is 3.27. The molecule has 0 aromatic heterocycles. The average molecular weight is 389 g/mol. The van der Waals surface area contributed by atoms with Crippen molar-refractivity contribution in [3.05, 3.63) is 0 Å². The SMILES string of the molecule is CC(C)CC/C(=N\OS(=O)(=O)O)S[C@@H]1O[C@H](CO)[C@@H](O)[C@H](O)[C@H]1O. The van der Waals surface area contributed by atoms with Gasteiger partial charge in [-0.25, -0.2) is 4.28 Å². The summed E-state index contributed by atoms with van der Waals surface area (Å²) in [5.74, 6) is 0.260. The molecule has 24 heavy (non-hydrogen) atoms. The lowest BCUT2D eigenvalue weighted by Gasteiger charge is -2.39. The third-order valence-corrected chi connectivity index (χ3v) is 4.71. The second-order valence-electron chi connectivity index (χ2n) is 5.73. The number of ether oxygens (including phenoxy) is 1. The van der Waals surface area contributed by atoms with Crippen molar-refractivity contribution in [3.8, 4) is 0 Å². The summed E-state index contributed by atoms with van der Waals surface area (Å²) in [7, 11) is -4.78. The Balaban J connectivity index is 2.86. The van der Waals surface area contributed by atoms with Gasteiger partial charge in [-0.3, -0.25) is 4.55 Å². The number of thioether (sulfide) groups is 1. The standard InChI is InChI=1S/C12H23NO9S2/c1-6(2)3-4-8(13-22-24(18,19)20)23-12-11(17)10(16)9(15)7(5-14)21-12/h6-7,9-12,14-17H,3-5H2,1-2H3,(H,18,19,20)/b13-8+/t7-,9-,10+,11-,12+/m1/s1. The largest absolute Gasteiger partial charge is 0.466 e. The van der Waals surface area contributed by atoms with E-state index in [-0.39, 0.29) is 17.4 Å². The van der Waals surface area contributed by atoms with Crippen LogP contribution in [0.4, 0.5) is 0 Å². The Bertz CT molecular complexity index is 523. The summed E-state index contributed by atoms with van der Waals surface area (Å²) < 4.78 is 39.2. The first kappa shape index (κ1) is 21.6. The van der Waals surface area contributed by atoms with Gasteiger partial charge in [0.25, 0.3) is 0 Å². The van der Waals surface area contributed by atoms with Crippen LogP contribution < -0.4 is 0 Å². The van der Waals surface area contributed by atoms with Crippen LogP contribution in [0.3, 0.4) is 0 Å². The van der Waals surface area contributed by atoms with E-state index in [4.69, 9.17) is 14.4 Å². The van der Waals surface area contributed by atoms with Crippen LogP contribution in [0.2, 0.25) is 0 Å². The van der Waals surface area contributed by atoms with Crippen molar-refractivity contribution < 1.29 is 42.4 Å². The van der Waals surface area contributed by atoms with E-state index < -0.39 is 46.9 Å². The Labute approximate surface area is 144 Å². The summed E-state index contributed by atoms with van der Waals surface area (Å²) in [6, 6.07) is 0. The molecule has 10 nitrogen and oxygen atoms in total. The highest BCUT2D eigenvalue weighted by Gasteiger charge is 2.44. The summed E-state index contributed by atoms with van der Waals surface area (Å²) in [5, 5.41) is 42.0. The van der Waals surface area contributed by atoms with Gasteiger partial charge < -0.3 is 25.2 Å². The van der Waals surface area contributed by atoms with Gasteiger partial charge in [-0.1, -0.05) is 30.8 Å². The Morgan fingerprint density at radius 1 is 1.25 bits per heavy atom. The lowest BCUT2D eigenvalue weighted by Crippen LogP contribution is -2.57. The van der Waals surface area contributed by atoms with Gasteiger partial charge in [-0.05, 0) is 18.8 Å². The molecule has 1 fully saturated rings. The summed E-state index contributed by atoms with van der Waals surface area (Å²) in [6.45, 7) is 3.28. The fourth-order valence-electron chi connectivity index (χ4n) is 1.93. The van der Waals surface area contributed by atoms with Gasteiger partial charge in [-0.2, -0.15) is 8.42 Å². The van der Waals surface area contributed by atoms with Gasteiger partial charge >= 0.3 is 10.4 Å². The van der Waals surface area contributed by atoms with Gasteiger partial charge in [0.1, 0.15) is 34.9 Å². The molecular formula is C12H23NO9S2. The number of hydrogen-bond donors (Lipinski definition) is 5. The highest BCUT2D eigenvalue weighted by molar-refractivity contribution is 8.14. The minimum absolute atomic E-state index is 0.102. The van der Waals surface area contributed by atoms with Crippen LogP contribution in [0.25, 0.3) is 0 Å². The fourth-order valence-corrected chi connectivity index (χ4v) is 3.24. The second-order valence-corrected chi connectivity index (χ2v) is 7.91. The lowest BCUT2D eigenvalue weighted by atomic mass is 10.0. The number of aliphatic hydroxyl groups is 4. The Morgan fingerprint density at radius 2 is 1.88 bits per heavy atom. The molecule has 0 aromatic rings. The van der Waals surface area contributed by atoms with E-state index in [9.17, 15) is 23.7 Å². The van der Waals surface area contributed by atoms with Crippen molar-refractivity contribution in [1.29, 1.82) is 0 Å². The highest BCUT2D eigenvalue weighted by atomic mass is 32.3. The quantitative estimate of drug-likeness (QED) is 0.159. The monoisotopic (exact) mass is 389 g/mol. The summed E-state index contributed by atoms with van der Waals surface area (Å²) in [4.78, 5) is 0. The first-order chi connectivity index (χ1) is 11.0. The van der Waals surface area contributed by atoms with Gasteiger partial charge in [0, 0.05) is 0 Å². The first-order valence-corrected chi connectivity index (χ1v) is 9.49. The molecule has 1 rings (SSSR count). The second kappa shape index (κ2) is 9.29. The molecule has 0 unspecified atom stereocenters. The molecule has 0 saturated carbocycles. The summed E-state index contributed by atoms with van der Waals surface area (Å²) in [6.07, 6.45) is -4.75. The van der Waals surface area contributed by atoms with Gasteiger partial charge in [0.2, 0.25) is 0 Å². The maximum atomic E-state index is 10.7. The molecule has 0 bridgehead atoms. The van der Waals surface area contributed by atoms with Crippen molar-refractivity contribution in [3.63, 3.8) is 0 Å². The molecule has 0 aliphatic carbocycles. The normalized spacial score (nSPS) is 32.2. The van der Waals surface area contributed by atoms with Crippen molar-refractivity contribution >= 4 is 27.2 Å². The van der Waals surface area contributed by atoms with E-state index in [0.29, 0.717) is 6.42 Å². The third kappa shape index (κ3) is 6.80. The van der Waals surface area contributed by atoms with Crippen LogP contribution in [0, 0.1) is 5.92 Å². The number of aliphatic hydroxyl groups excluding tert-OH is 4. The predicted molar refractivity (Wildman–Crippen MR) is 85.5 cm³/mol. The van der Waals surface area contributed by atoms with Gasteiger partial charge in [0.05, 0.1) is 6.61 Å². The van der Waals surface area contributed by atoms with E-state index in [1.54, 1.807) is 0 Å². The Morgan fingerprint density at radius 3 is 2.38 bits per heavy atom. The molecule has 0 spiro atoms. The fraction of sp³-hybridized carbons (Fsp3) is 0.917. The molecule has 12 heteroatoms. The van der Waals surface area contributed by atoms with Crippen molar-refractivity contribution in [2.24, 2.45) is 11.1 Å². The minimum Gasteiger partial charge on any atom is -0.394 e. The zero-order chi connectivity index (χ0) is 18.5. The highest BCUT2D eigenvalue weighted by Crippen LogP contribution is 2.30. The van der Waals surface area contributed by atoms with Crippen LogP contribution in [0.5, 0.6) is 0 Å². The smallest absolute Gasteiger partial charge is 0.394 e. The number of nitrogens with zero attached hydrogens (tertiary/aromatic N) is 1. The molecular weight excluding hydrogens is 366 g/mol. The van der Waals surface area contributed by atoms with Gasteiger partial charge in [-0.15, -0.1) is 0 Å². The van der Waals surface area contributed by atoms with Crippen molar-refractivity contribution in [1.82, 2.24) is 0 Å². The molecule has 1 saturated heterocycles. The van der Waals surface area contributed by atoms with E-state index in [2.05, 4.69) is 9.44 Å². The molecule has 0 radical (unpaired) electrons. The maximum Gasteiger partial charge on any atom is 0.466 e. The van der Waals surface area contributed by atoms with E-state index >= 15 is 0 Å². The Hall–Kier alpha value is -0.470. The van der Waals surface area contributed by atoms with E-state index in [1.807, 2.05) is 13.8 Å².